The Kier molecular flexibility index (Phi) is 5.44. The number of nitrogens with one attached hydrogen (secondary N) is 2. The smallest absolute Gasteiger partial charge is 0.00970 e. The summed E-state index contributed by atoms with van der Waals surface area (Å²) in [5.41, 5.74) is 0.249. The van der Waals surface area contributed by atoms with Crippen molar-refractivity contribution in [2.45, 2.75) is 56.9 Å². The van der Waals surface area contributed by atoms with Gasteiger partial charge in [-0.3, -0.25) is 0 Å². The molecular weight excluding hydrogens is 204 g/mol. The van der Waals surface area contributed by atoms with Crippen molar-refractivity contribution in [3.63, 3.8) is 0 Å². The van der Waals surface area contributed by atoms with E-state index >= 15 is 0 Å². The van der Waals surface area contributed by atoms with Gasteiger partial charge in [-0.1, -0.05) is 0 Å². The molecular formula is C12H26N2S. The Balaban J connectivity index is 2.02. The van der Waals surface area contributed by atoms with Crippen LogP contribution in [-0.4, -0.2) is 36.2 Å². The zero-order valence-corrected chi connectivity index (χ0v) is 11.4. The molecule has 0 aromatic carbocycles. The van der Waals surface area contributed by atoms with Crippen LogP contribution in [0, 0.1) is 0 Å². The van der Waals surface area contributed by atoms with Gasteiger partial charge in [-0.15, -0.1) is 0 Å². The highest BCUT2D eigenvalue weighted by Crippen LogP contribution is 2.27. The third-order valence-corrected chi connectivity index (χ3v) is 4.03. The standard InChI is InChI=1S/C12H26N2S/c1-12(2,3)14-8-7-13-10-5-6-11(9-10)15-4/h10-11,13-14H,5-9H2,1-4H3. The van der Waals surface area contributed by atoms with E-state index < -0.39 is 0 Å². The van der Waals surface area contributed by atoms with Crippen LogP contribution in [0.4, 0.5) is 0 Å². The molecule has 1 saturated carbocycles. The molecule has 2 nitrogen and oxygen atoms in total. The maximum absolute atomic E-state index is 3.64. The van der Waals surface area contributed by atoms with Gasteiger partial charge in [0.25, 0.3) is 0 Å². The molecule has 0 radical (unpaired) electrons. The normalized spacial score (nSPS) is 27.2. The topological polar surface area (TPSA) is 24.1 Å². The highest BCUT2D eigenvalue weighted by Gasteiger charge is 2.23. The first-order valence-corrected chi connectivity index (χ1v) is 7.31. The molecule has 2 N–H and O–H groups in total. The highest BCUT2D eigenvalue weighted by atomic mass is 32.2. The average molecular weight is 230 g/mol. The second kappa shape index (κ2) is 6.12. The molecule has 0 bridgehead atoms. The minimum absolute atomic E-state index is 0.249. The fraction of sp³-hybridized carbons (Fsp3) is 1.00. The lowest BCUT2D eigenvalue weighted by molar-refractivity contribution is 0.409. The molecule has 90 valence electrons. The van der Waals surface area contributed by atoms with Gasteiger partial charge in [0.1, 0.15) is 0 Å². The Hall–Kier alpha value is 0.270. The summed E-state index contributed by atoms with van der Waals surface area (Å²) >= 11 is 2.02. The minimum Gasteiger partial charge on any atom is -0.313 e. The van der Waals surface area contributed by atoms with Gasteiger partial charge in [0.05, 0.1) is 0 Å². The quantitative estimate of drug-likeness (QED) is 0.708. The number of thioether (sulfide) groups is 1. The second-order valence-corrected chi connectivity index (χ2v) is 6.64. The van der Waals surface area contributed by atoms with E-state index in [4.69, 9.17) is 0 Å². The summed E-state index contributed by atoms with van der Waals surface area (Å²) in [5.74, 6) is 0. The molecule has 0 spiro atoms. The lowest BCUT2D eigenvalue weighted by atomic mass is 10.1. The first kappa shape index (κ1) is 13.3. The average Bonchev–Trinajstić information content (AvgIpc) is 2.59. The maximum atomic E-state index is 3.64. The van der Waals surface area contributed by atoms with E-state index in [1.54, 1.807) is 0 Å². The van der Waals surface area contributed by atoms with Crippen LogP contribution in [0.15, 0.2) is 0 Å². The third kappa shape index (κ3) is 5.79. The highest BCUT2D eigenvalue weighted by molar-refractivity contribution is 7.99. The van der Waals surface area contributed by atoms with Crippen LogP contribution in [-0.2, 0) is 0 Å². The summed E-state index contributed by atoms with van der Waals surface area (Å²) in [6.07, 6.45) is 6.34. The van der Waals surface area contributed by atoms with Crippen molar-refractivity contribution in [3.8, 4) is 0 Å². The van der Waals surface area contributed by atoms with E-state index in [1.807, 2.05) is 11.8 Å². The van der Waals surface area contributed by atoms with Crippen LogP contribution >= 0.6 is 11.8 Å². The van der Waals surface area contributed by atoms with E-state index in [1.165, 1.54) is 19.3 Å². The van der Waals surface area contributed by atoms with Crippen molar-refractivity contribution in [3.05, 3.63) is 0 Å². The lowest BCUT2D eigenvalue weighted by Gasteiger charge is -2.21. The van der Waals surface area contributed by atoms with Crippen LogP contribution in [0.1, 0.15) is 40.0 Å². The van der Waals surface area contributed by atoms with Crippen LogP contribution in [0.5, 0.6) is 0 Å². The number of rotatable bonds is 5. The van der Waals surface area contributed by atoms with Gasteiger partial charge < -0.3 is 10.6 Å². The van der Waals surface area contributed by atoms with Gasteiger partial charge in [-0.25, -0.2) is 0 Å². The van der Waals surface area contributed by atoms with Gasteiger partial charge in [-0.2, -0.15) is 11.8 Å². The molecule has 15 heavy (non-hydrogen) atoms. The van der Waals surface area contributed by atoms with Crippen molar-refractivity contribution < 1.29 is 0 Å². The molecule has 0 saturated heterocycles. The fourth-order valence-corrected chi connectivity index (χ4v) is 2.85. The summed E-state index contributed by atoms with van der Waals surface area (Å²) in [6, 6.07) is 0.768. The van der Waals surface area contributed by atoms with Gasteiger partial charge >= 0.3 is 0 Å². The van der Waals surface area contributed by atoms with E-state index in [-0.39, 0.29) is 5.54 Å². The first-order chi connectivity index (χ1) is 7.01. The van der Waals surface area contributed by atoms with E-state index in [0.29, 0.717) is 0 Å². The van der Waals surface area contributed by atoms with Gasteiger partial charge in [-0.05, 0) is 46.3 Å². The maximum Gasteiger partial charge on any atom is 0.00970 e. The Labute approximate surface area is 99.0 Å². The Morgan fingerprint density at radius 3 is 2.47 bits per heavy atom. The molecule has 2 atom stereocenters. The van der Waals surface area contributed by atoms with Gasteiger partial charge in [0, 0.05) is 29.9 Å². The third-order valence-electron chi connectivity index (χ3n) is 2.93. The van der Waals surface area contributed by atoms with E-state index in [0.717, 1.165) is 24.4 Å². The molecule has 0 amide bonds. The molecule has 1 rings (SSSR count). The second-order valence-electron chi connectivity index (χ2n) is 5.50. The largest absolute Gasteiger partial charge is 0.313 e. The molecule has 1 fully saturated rings. The van der Waals surface area contributed by atoms with Crippen LogP contribution in [0.2, 0.25) is 0 Å². The molecule has 0 aromatic heterocycles. The Bertz CT molecular complexity index is 177. The van der Waals surface area contributed by atoms with E-state index in [9.17, 15) is 0 Å². The molecule has 0 aromatic rings. The van der Waals surface area contributed by atoms with Crippen molar-refractivity contribution >= 4 is 11.8 Å². The van der Waals surface area contributed by atoms with Crippen LogP contribution in [0.3, 0.4) is 0 Å². The number of hydrogen-bond donors (Lipinski definition) is 2. The van der Waals surface area contributed by atoms with Crippen molar-refractivity contribution in [2.24, 2.45) is 0 Å². The minimum atomic E-state index is 0.249. The van der Waals surface area contributed by atoms with Crippen molar-refractivity contribution in [1.82, 2.24) is 10.6 Å². The van der Waals surface area contributed by atoms with Gasteiger partial charge in [0.2, 0.25) is 0 Å². The zero-order valence-electron chi connectivity index (χ0n) is 10.6. The summed E-state index contributed by atoms with van der Waals surface area (Å²) in [6.45, 7) is 8.82. The molecule has 3 heteroatoms. The van der Waals surface area contributed by atoms with Gasteiger partial charge in [0.15, 0.2) is 0 Å². The molecule has 1 aliphatic carbocycles. The van der Waals surface area contributed by atoms with Crippen molar-refractivity contribution in [1.29, 1.82) is 0 Å². The lowest BCUT2D eigenvalue weighted by Crippen LogP contribution is -2.41. The summed E-state index contributed by atoms with van der Waals surface area (Å²) in [7, 11) is 0. The number of hydrogen-bond acceptors (Lipinski definition) is 3. The molecule has 0 aliphatic heterocycles. The first-order valence-electron chi connectivity index (χ1n) is 6.02. The van der Waals surface area contributed by atoms with Crippen LogP contribution in [0.25, 0.3) is 0 Å². The Morgan fingerprint density at radius 2 is 1.93 bits per heavy atom. The predicted octanol–water partition coefficient (Wildman–Crippen LogP) is 2.25. The van der Waals surface area contributed by atoms with Crippen LogP contribution < -0.4 is 10.6 Å². The molecule has 2 unspecified atom stereocenters. The predicted molar refractivity (Wildman–Crippen MR) is 70.7 cm³/mol. The molecule has 0 heterocycles. The zero-order chi connectivity index (χ0) is 11.3. The monoisotopic (exact) mass is 230 g/mol. The Morgan fingerprint density at radius 1 is 1.20 bits per heavy atom. The summed E-state index contributed by atoms with van der Waals surface area (Å²) in [5, 5.41) is 8.05. The van der Waals surface area contributed by atoms with E-state index in [2.05, 4.69) is 37.7 Å². The van der Waals surface area contributed by atoms with Crippen molar-refractivity contribution in [2.75, 3.05) is 19.3 Å². The molecule has 1 aliphatic rings. The summed E-state index contributed by atoms with van der Waals surface area (Å²) in [4.78, 5) is 0. The summed E-state index contributed by atoms with van der Waals surface area (Å²) < 4.78 is 0. The SMILES string of the molecule is CSC1CCC(NCCNC(C)(C)C)C1. The fourth-order valence-electron chi connectivity index (χ4n) is 2.05.